The van der Waals surface area contributed by atoms with Gasteiger partial charge in [-0.3, -0.25) is 14.5 Å². The minimum Gasteiger partial charge on any atom is -0.391 e. The number of carbonyl (C=O) groups is 1. The lowest BCUT2D eigenvalue weighted by molar-refractivity contribution is -0.144. The average molecular weight is 549 g/mol. The number of nitrogens with zero attached hydrogens (tertiary/aromatic N) is 5. The number of benzene rings is 1. The molecule has 0 spiro atoms. The number of rotatable bonds is 6. The molecule has 0 aliphatic carbocycles. The van der Waals surface area contributed by atoms with Crippen LogP contribution in [0.3, 0.4) is 0 Å². The summed E-state index contributed by atoms with van der Waals surface area (Å²) in [7, 11) is 0. The van der Waals surface area contributed by atoms with Crippen molar-refractivity contribution in [2.24, 2.45) is 4.99 Å². The standard InChI is InChI=1S/C25H24ClF3N6O3/c1-14(36)12-35-23(25(27,28)29)17(11-32-35)22-19(18-7-8-30-13-31-18)21(33-38-22)15-5-4-6-16(20(15)26)24(37)34-9-2-3-10-34/h4-8,11,14,31,36H,2-3,9-10,12-13H2,1H3/t14-/m1/s1. The van der Waals surface area contributed by atoms with Crippen LogP contribution in [-0.2, 0) is 12.7 Å². The molecule has 1 aromatic carbocycles. The van der Waals surface area contributed by atoms with Crippen molar-refractivity contribution in [3.8, 4) is 22.6 Å². The van der Waals surface area contributed by atoms with E-state index in [4.69, 9.17) is 16.1 Å². The first-order valence-electron chi connectivity index (χ1n) is 12.0. The largest absolute Gasteiger partial charge is 0.433 e. The average Bonchev–Trinajstić information content (AvgIpc) is 3.63. The van der Waals surface area contributed by atoms with E-state index >= 15 is 0 Å². The van der Waals surface area contributed by atoms with Crippen LogP contribution in [-0.4, -0.2) is 62.9 Å². The molecule has 0 saturated carbocycles. The van der Waals surface area contributed by atoms with Gasteiger partial charge in [0.05, 0.1) is 46.3 Å². The van der Waals surface area contributed by atoms with E-state index in [-0.39, 0.29) is 52.3 Å². The number of allylic oxidation sites excluding steroid dienone is 1. The first kappa shape index (κ1) is 26.0. The summed E-state index contributed by atoms with van der Waals surface area (Å²) in [5, 5.41) is 20.9. The number of aliphatic imine (C=N–C) groups is 1. The molecule has 0 unspecified atom stereocenters. The van der Waals surface area contributed by atoms with Crippen molar-refractivity contribution in [2.45, 2.75) is 38.6 Å². The van der Waals surface area contributed by atoms with Crippen molar-refractivity contribution in [1.29, 1.82) is 0 Å². The molecule has 2 aromatic heterocycles. The van der Waals surface area contributed by atoms with Crippen molar-refractivity contribution in [3.05, 3.63) is 52.3 Å². The van der Waals surface area contributed by atoms with Crippen molar-refractivity contribution in [1.82, 2.24) is 25.2 Å². The second kappa shape index (κ2) is 10.3. The maximum Gasteiger partial charge on any atom is 0.433 e. The molecule has 2 N–H and O–H groups in total. The Morgan fingerprint density at radius 3 is 2.68 bits per heavy atom. The minimum atomic E-state index is -4.81. The normalized spacial score (nSPS) is 16.5. The Morgan fingerprint density at radius 2 is 2.03 bits per heavy atom. The van der Waals surface area contributed by atoms with Crippen molar-refractivity contribution in [2.75, 3.05) is 19.8 Å². The molecule has 1 amide bonds. The number of alkyl halides is 3. The number of aliphatic hydroxyl groups is 1. The molecule has 1 saturated heterocycles. The number of hydrogen-bond donors (Lipinski definition) is 2. The van der Waals surface area contributed by atoms with Crippen molar-refractivity contribution >= 4 is 29.4 Å². The predicted molar refractivity (Wildman–Crippen MR) is 134 cm³/mol. The van der Waals surface area contributed by atoms with Crippen molar-refractivity contribution in [3.63, 3.8) is 0 Å². The van der Waals surface area contributed by atoms with E-state index in [0.717, 1.165) is 19.0 Å². The topological polar surface area (TPSA) is 109 Å². The quantitative estimate of drug-likeness (QED) is 0.470. The third-order valence-corrected chi connectivity index (χ3v) is 6.74. The Balaban J connectivity index is 1.69. The fourth-order valence-corrected chi connectivity index (χ4v) is 4.96. The number of aliphatic hydroxyl groups excluding tert-OH is 1. The summed E-state index contributed by atoms with van der Waals surface area (Å²) in [6.45, 7) is 2.45. The van der Waals surface area contributed by atoms with E-state index in [2.05, 4.69) is 20.6 Å². The lowest BCUT2D eigenvalue weighted by Crippen LogP contribution is -2.27. The molecule has 0 radical (unpaired) electrons. The van der Waals surface area contributed by atoms with Crippen LogP contribution in [0.25, 0.3) is 28.3 Å². The Labute approximate surface area is 220 Å². The van der Waals surface area contributed by atoms with E-state index in [1.54, 1.807) is 29.2 Å². The molecule has 1 fully saturated rings. The zero-order valence-corrected chi connectivity index (χ0v) is 21.1. The molecule has 2 aliphatic heterocycles. The lowest BCUT2D eigenvalue weighted by atomic mass is 9.98. The number of carbonyl (C=O) groups excluding carboxylic acids is 1. The van der Waals surface area contributed by atoms with Gasteiger partial charge in [-0.25, -0.2) is 0 Å². The van der Waals surface area contributed by atoms with Crippen LogP contribution in [0.2, 0.25) is 5.02 Å². The SMILES string of the molecule is C[C@@H](O)Cn1ncc(-c2onc(-c3cccc(C(=O)N4CCCC4)c3Cl)c2C2=CC=NCN2)c1C(F)(F)F. The van der Waals surface area contributed by atoms with Crippen LogP contribution in [0.15, 0.2) is 40.0 Å². The number of aromatic nitrogens is 3. The van der Waals surface area contributed by atoms with E-state index < -0.39 is 18.0 Å². The molecule has 1 atom stereocenters. The molecule has 5 rings (SSSR count). The summed E-state index contributed by atoms with van der Waals surface area (Å²) in [5.74, 6) is -0.411. The summed E-state index contributed by atoms with van der Waals surface area (Å²) in [4.78, 5) is 18.9. The van der Waals surface area contributed by atoms with Gasteiger partial charge in [-0.05, 0) is 31.9 Å². The highest BCUT2D eigenvalue weighted by molar-refractivity contribution is 6.36. The number of amides is 1. The third kappa shape index (κ3) is 4.81. The summed E-state index contributed by atoms with van der Waals surface area (Å²) in [5.41, 5.74) is -0.0484. The highest BCUT2D eigenvalue weighted by atomic mass is 35.5. The fourth-order valence-electron chi connectivity index (χ4n) is 4.66. The predicted octanol–water partition coefficient (Wildman–Crippen LogP) is 4.47. The monoisotopic (exact) mass is 548 g/mol. The number of hydrogen-bond acceptors (Lipinski definition) is 7. The summed E-state index contributed by atoms with van der Waals surface area (Å²) >= 11 is 6.73. The number of likely N-dealkylation sites (tertiary alicyclic amines) is 1. The van der Waals surface area contributed by atoms with Gasteiger partial charge in [0.15, 0.2) is 11.5 Å². The van der Waals surface area contributed by atoms with Gasteiger partial charge in [0.25, 0.3) is 5.91 Å². The second-order valence-corrected chi connectivity index (χ2v) is 9.46. The lowest BCUT2D eigenvalue weighted by Gasteiger charge is -2.18. The van der Waals surface area contributed by atoms with Crippen LogP contribution < -0.4 is 5.32 Å². The molecule has 3 aromatic rings. The van der Waals surface area contributed by atoms with Crippen molar-refractivity contribution < 1.29 is 27.6 Å². The van der Waals surface area contributed by atoms with Gasteiger partial charge in [-0.1, -0.05) is 28.9 Å². The third-order valence-electron chi connectivity index (χ3n) is 6.34. The zero-order chi connectivity index (χ0) is 27.0. The van der Waals surface area contributed by atoms with Gasteiger partial charge in [-0.15, -0.1) is 0 Å². The first-order chi connectivity index (χ1) is 18.2. The Morgan fingerprint density at radius 1 is 1.26 bits per heavy atom. The van der Waals surface area contributed by atoms with Crippen LogP contribution in [0.1, 0.15) is 41.4 Å². The molecule has 200 valence electrons. The number of nitrogens with one attached hydrogen (secondary N) is 1. The molecular weight excluding hydrogens is 525 g/mol. The van der Waals surface area contributed by atoms with Crippen LogP contribution >= 0.6 is 11.6 Å². The molecule has 38 heavy (non-hydrogen) atoms. The van der Waals surface area contributed by atoms with Crippen LogP contribution in [0, 0.1) is 0 Å². The molecular formula is C25H24ClF3N6O3. The van der Waals surface area contributed by atoms with Crippen LogP contribution in [0.4, 0.5) is 13.2 Å². The number of halogens is 4. The maximum atomic E-state index is 14.2. The fraction of sp³-hybridized carbons (Fsp3) is 0.360. The molecule has 2 aliphatic rings. The van der Waals surface area contributed by atoms with Gasteiger partial charge < -0.3 is 19.8 Å². The van der Waals surface area contributed by atoms with Gasteiger partial charge in [0, 0.05) is 24.9 Å². The summed E-state index contributed by atoms with van der Waals surface area (Å²) < 4.78 is 48.9. The van der Waals surface area contributed by atoms with Gasteiger partial charge in [0.1, 0.15) is 12.4 Å². The molecule has 13 heteroatoms. The highest BCUT2D eigenvalue weighted by Gasteiger charge is 2.41. The van der Waals surface area contributed by atoms with Gasteiger partial charge in [-0.2, -0.15) is 18.3 Å². The van der Waals surface area contributed by atoms with E-state index in [1.165, 1.54) is 13.1 Å². The van der Waals surface area contributed by atoms with Gasteiger partial charge >= 0.3 is 6.18 Å². The summed E-state index contributed by atoms with van der Waals surface area (Å²) in [6, 6.07) is 4.89. The summed E-state index contributed by atoms with van der Waals surface area (Å²) in [6.07, 6.45) is 0.0808. The highest BCUT2D eigenvalue weighted by Crippen LogP contribution is 2.44. The zero-order valence-electron chi connectivity index (χ0n) is 20.3. The second-order valence-electron chi connectivity index (χ2n) is 9.08. The molecule has 4 heterocycles. The van der Waals surface area contributed by atoms with Gasteiger partial charge in [0.2, 0.25) is 0 Å². The smallest absolute Gasteiger partial charge is 0.391 e. The Bertz CT molecular complexity index is 1420. The maximum absolute atomic E-state index is 14.2. The minimum absolute atomic E-state index is 0.122. The van der Waals surface area contributed by atoms with Crippen LogP contribution in [0.5, 0.6) is 0 Å². The van der Waals surface area contributed by atoms with E-state index in [1.807, 2.05) is 0 Å². The molecule has 0 bridgehead atoms. The van der Waals surface area contributed by atoms with E-state index in [0.29, 0.717) is 29.0 Å². The first-order valence-corrected chi connectivity index (χ1v) is 12.4. The molecule has 9 nitrogen and oxygen atoms in total. The van der Waals surface area contributed by atoms with E-state index in [9.17, 15) is 23.1 Å². The Kier molecular flexibility index (Phi) is 7.01. The Hall–Kier alpha value is -3.64.